The third kappa shape index (κ3) is 5.64. The van der Waals surface area contributed by atoms with Crippen molar-refractivity contribution in [2.24, 2.45) is 5.92 Å². The van der Waals surface area contributed by atoms with Crippen molar-refractivity contribution in [2.75, 3.05) is 20.3 Å². The molecule has 2 saturated heterocycles. The summed E-state index contributed by atoms with van der Waals surface area (Å²) < 4.78 is 32.0. The molecule has 3 aliphatic rings. The van der Waals surface area contributed by atoms with Crippen LogP contribution in [0.15, 0.2) is 48.8 Å². The number of carbonyl (C=O) groups excluding carboxylic acids is 2. The zero-order chi connectivity index (χ0) is 28.3. The number of methoxy groups -OCH3 is 1. The van der Waals surface area contributed by atoms with Gasteiger partial charge >= 0.3 is 11.9 Å². The summed E-state index contributed by atoms with van der Waals surface area (Å²) in [5, 5.41) is 52.1. The van der Waals surface area contributed by atoms with Gasteiger partial charge in [-0.2, -0.15) is 0 Å². The summed E-state index contributed by atoms with van der Waals surface area (Å²) in [5.74, 6) is -2.59. The number of hydrogen-bond donors (Lipinski definition) is 5. The number of aliphatic hydroxyl groups is 4. The van der Waals surface area contributed by atoms with Crippen molar-refractivity contribution in [3.8, 4) is 11.5 Å². The second-order valence-corrected chi connectivity index (χ2v) is 9.12. The first-order valence-corrected chi connectivity index (χ1v) is 12.0. The summed E-state index contributed by atoms with van der Waals surface area (Å²) in [4.78, 5) is 24.6. The molecule has 0 unspecified atom stereocenters. The Bertz CT molecular complexity index is 1150. The fraction of sp³-hybridized carbons (Fsp3) is 0.462. The molecule has 0 saturated carbocycles. The molecule has 8 atom stereocenters. The van der Waals surface area contributed by atoms with E-state index in [0.29, 0.717) is 5.56 Å². The molecule has 0 spiro atoms. The lowest BCUT2D eigenvalue weighted by molar-refractivity contribution is -0.344. The van der Waals surface area contributed by atoms with Crippen LogP contribution in [-0.2, 0) is 33.3 Å². The fourth-order valence-corrected chi connectivity index (χ4v) is 4.63. The molecule has 2 fully saturated rings. The highest BCUT2D eigenvalue weighted by Crippen LogP contribution is 2.42. The minimum atomic E-state index is -1.75. The van der Waals surface area contributed by atoms with E-state index in [1.54, 1.807) is 0 Å². The third-order valence-corrected chi connectivity index (χ3v) is 6.78. The van der Waals surface area contributed by atoms with E-state index < -0.39 is 67.1 Å². The summed E-state index contributed by atoms with van der Waals surface area (Å²) >= 11 is 0. The Labute approximate surface area is 223 Å². The van der Waals surface area contributed by atoms with Crippen molar-refractivity contribution >= 4 is 18.0 Å². The first kappa shape index (κ1) is 28.5. The standard InChI is InChI=1S/C26H30O13/c1-3-14-24(36-12-15-23(32)35-9-8-26(14,15)33)39-25-21(31)22(20(30)18(11-27)37-25)38-19(29)7-5-13-4-6-16(28)17(10-13)34-2/h3-7,10,12,14,18,20-22,24-25,27-28,30-31,33H,1,8-9,11H2,2H3/b7-5+/t14-,18+,20+,21+,22-,24-,25-,26+/m0/s1. The van der Waals surface area contributed by atoms with E-state index >= 15 is 0 Å². The summed E-state index contributed by atoms with van der Waals surface area (Å²) in [6.45, 7) is 2.93. The Morgan fingerprint density at radius 1 is 1.26 bits per heavy atom. The number of hydrogen-bond acceptors (Lipinski definition) is 13. The van der Waals surface area contributed by atoms with E-state index in [1.165, 1.54) is 37.5 Å². The van der Waals surface area contributed by atoms with E-state index in [1.807, 2.05) is 0 Å². The van der Waals surface area contributed by atoms with Crippen molar-refractivity contribution in [3.05, 3.63) is 54.3 Å². The Kier molecular flexibility index (Phi) is 8.59. The van der Waals surface area contributed by atoms with Crippen LogP contribution in [0.2, 0.25) is 0 Å². The molecule has 1 aromatic carbocycles. The average molecular weight is 551 g/mol. The van der Waals surface area contributed by atoms with Crippen LogP contribution in [0, 0.1) is 5.92 Å². The minimum absolute atomic E-state index is 0.0377. The van der Waals surface area contributed by atoms with Crippen LogP contribution in [0.3, 0.4) is 0 Å². The lowest BCUT2D eigenvalue weighted by Crippen LogP contribution is -2.62. The van der Waals surface area contributed by atoms with Gasteiger partial charge in [0.15, 0.2) is 23.9 Å². The van der Waals surface area contributed by atoms with Crippen LogP contribution in [0.5, 0.6) is 11.5 Å². The monoisotopic (exact) mass is 550 g/mol. The second kappa shape index (κ2) is 11.7. The quantitative estimate of drug-likeness (QED) is 0.158. The maximum absolute atomic E-state index is 12.5. The number of rotatable bonds is 8. The molecule has 4 rings (SSSR count). The summed E-state index contributed by atoms with van der Waals surface area (Å²) in [7, 11) is 1.37. The van der Waals surface area contributed by atoms with Crippen LogP contribution in [0.1, 0.15) is 12.0 Å². The van der Waals surface area contributed by atoms with E-state index in [2.05, 4.69) is 6.58 Å². The predicted octanol–water partition coefficient (Wildman–Crippen LogP) is -0.498. The highest BCUT2D eigenvalue weighted by Gasteiger charge is 2.55. The van der Waals surface area contributed by atoms with Crippen molar-refractivity contribution < 1.29 is 63.5 Å². The van der Waals surface area contributed by atoms with Crippen LogP contribution >= 0.6 is 0 Å². The van der Waals surface area contributed by atoms with Crippen molar-refractivity contribution in [2.45, 2.75) is 49.0 Å². The third-order valence-electron chi connectivity index (χ3n) is 6.78. The number of cyclic esters (lactones) is 1. The molecule has 13 nitrogen and oxygen atoms in total. The lowest BCUT2D eigenvalue weighted by Gasteiger charge is -2.46. The lowest BCUT2D eigenvalue weighted by atomic mass is 9.76. The summed E-state index contributed by atoms with van der Waals surface area (Å²) in [5.41, 5.74) is -1.34. The van der Waals surface area contributed by atoms with Gasteiger partial charge in [-0.15, -0.1) is 6.58 Å². The number of aromatic hydroxyl groups is 1. The molecule has 3 aliphatic heterocycles. The van der Waals surface area contributed by atoms with Gasteiger partial charge in [0, 0.05) is 12.5 Å². The minimum Gasteiger partial charge on any atom is -0.504 e. The van der Waals surface area contributed by atoms with E-state index in [0.717, 1.165) is 12.3 Å². The van der Waals surface area contributed by atoms with Gasteiger partial charge in [0.25, 0.3) is 0 Å². The molecule has 0 radical (unpaired) electrons. The molecule has 212 valence electrons. The van der Waals surface area contributed by atoms with Gasteiger partial charge in [-0.1, -0.05) is 12.1 Å². The first-order chi connectivity index (χ1) is 18.6. The predicted molar refractivity (Wildman–Crippen MR) is 130 cm³/mol. The highest BCUT2D eigenvalue weighted by atomic mass is 16.8. The number of esters is 2. The van der Waals surface area contributed by atoms with E-state index in [-0.39, 0.29) is 30.1 Å². The van der Waals surface area contributed by atoms with Gasteiger partial charge in [0.1, 0.15) is 29.5 Å². The molecule has 0 aliphatic carbocycles. The summed E-state index contributed by atoms with van der Waals surface area (Å²) in [6, 6.07) is 4.37. The molecule has 39 heavy (non-hydrogen) atoms. The largest absolute Gasteiger partial charge is 0.504 e. The molecular weight excluding hydrogens is 520 g/mol. The average Bonchev–Trinajstić information content (AvgIpc) is 2.91. The maximum atomic E-state index is 12.5. The Morgan fingerprint density at radius 3 is 2.72 bits per heavy atom. The van der Waals surface area contributed by atoms with Crippen LogP contribution in [0.25, 0.3) is 6.08 Å². The zero-order valence-electron chi connectivity index (χ0n) is 20.9. The molecular formula is C26H30O13. The van der Waals surface area contributed by atoms with Gasteiger partial charge in [0.05, 0.1) is 32.5 Å². The summed E-state index contributed by atoms with van der Waals surface area (Å²) in [6.07, 6.45) is -4.41. The van der Waals surface area contributed by atoms with E-state index in [4.69, 9.17) is 28.4 Å². The number of aliphatic hydroxyl groups excluding tert-OH is 3. The Hall–Kier alpha value is -3.46. The second-order valence-electron chi connectivity index (χ2n) is 9.12. The van der Waals surface area contributed by atoms with Crippen LogP contribution in [0.4, 0.5) is 0 Å². The van der Waals surface area contributed by atoms with Gasteiger partial charge < -0.3 is 54.0 Å². The molecule has 0 bridgehead atoms. The van der Waals surface area contributed by atoms with Crippen molar-refractivity contribution in [1.82, 2.24) is 0 Å². The van der Waals surface area contributed by atoms with Crippen molar-refractivity contribution in [1.29, 1.82) is 0 Å². The van der Waals surface area contributed by atoms with Gasteiger partial charge in [-0.3, -0.25) is 0 Å². The molecule has 5 N–H and O–H groups in total. The fourth-order valence-electron chi connectivity index (χ4n) is 4.63. The maximum Gasteiger partial charge on any atom is 0.340 e. The Balaban J connectivity index is 1.49. The van der Waals surface area contributed by atoms with Gasteiger partial charge in [-0.05, 0) is 23.8 Å². The number of phenolic OH excluding ortho intramolecular Hbond substituents is 1. The number of ether oxygens (including phenoxy) is 6. The number of carbonyl (C=O) groups is 2. The highest BCUT2D eigenvalue weighted by molar-refractivity contribution is 5.91. The first-order valence-electron chi connectivity index (χ1n) is 12.0. The van der Waals surface area contributed by atoms with Crippen LogP contribution < -0.4 is 4.74 Å². The molecule has 3 heterocycles. The van der Waals surface area contributed by atoms with Gasteiger partial charge in [0.2, 0.25) is 6.29 Å². The smallest absolute Gasteiger partial charge is 0.340 e. The Morgan fingerprint density at radius 2 is 2.03 bits per heavy atom. The van der Waals surface area contributed by atoms with Gasteiger partial charge in [-0.25, -0.2) is 9.59 Å². The molecule has 0 amide bonds. The molecule has 1 aromatic rings. The number of benzene rings is 1. The zero-order valence-corrected chi connectivity index (χ0v) is 20.9. The molecule has 0 aromatic heterocycles. The van der Waals surface area contributed by atoms with Crippen LogP contribution in [-0.4, -0.2) is 100 Å². The molecule has 13 heteroatoms. The number of phenols is 1. The van der Waals surface area contributed by atoms with Crippen molar-refractivity contribution in [3.63, 3.8) is 0 Å². The van der Waals surface area contributed by atoms with E-state index in [9.17, 15) is 35.1 Å². The SMILES string of the molecule is C=C[C@H]1[C@H](O[C@@H]2O[C@H](CO)[C@@H](O)[C@H](OC(=O)/C=C/c3ccc(O)c(OC)c3)[C@H]2O)OC=C2C(=O)OCC[C@]21O. The topological polar surface area (TPSA) is 191 Å². The number of fused-ring (bicyclic) bond motifs is 1. The normalized spacial score (nSPS) is 34.3.